The lowest BCUT2D eigenvalue weighted by molar-refractivity contribution is 0.483. The minimum Gasteiger partial charge on any atom is -0.457 e. The maximum absolute atomic E-state index is 7.97. The zero-order valence-corrected chi connectivity index (χ0v) is 47.8. The largest absolute Gasteiger partial charge is 0.457 e. The molecule has 0 atom stereocenters. The Kier molecular flexibility index (Phi) is 12.0. The summed E-state index contributed by atoms with van der Waals surface area (Å²) in [5.41, 5.74) is 17.1. The molecule has 12 rings (SSSR count). The Labute approximate surface area is 464 Å². The van der Waals surface area contributed by atoms with Crippen molar-refractivity contribution in [2.24, 2.45) is 0 Å². The van der Waals surface area contributed by atoms with E-state index in [1.165, 1.54) is 50.2 Å². The van der Waals surface area contributed by atoms with Gasteiger partial charge in [-0.25, -0.2) is 9.83 Å². The summed E-state index contributed by atoms with van der Waals surface area (Å²) in [6.07, 6.45) is 1.92. The number of fused-ring (bicyclic) bond motifs is 8. The van der Waals surface area contributed by atoms with Crippen molar-refractivity contribution in [3.8, 4) is 39.6 Å². The molecule has 0 spiro atoms. The topological polar surface area (TPSA) is 37.9 Å². The Bertz CT molecular complexity index is 4120. The SMILES string of the molecule is [C-]#[N+]c1cccc2c1sc1c2ccc2c1c1ccc(Oc3cccc(N4CN(c5c(-c6ccc(C(C)(C)C)cc6)cc(C(C)(C)C)cc5-c5ccc(C(C)(C)C)cc5)c5ccccc54)c3)cc1n2-c1cc(C(C)(C)C)ccn1. The second-order valence-corrected chi connectivity index (χ2v) is 26.3. The molecule has 0 radical (unpaired) electrons. The molecule has 11 aromatic rings. The first-order chi connectivity index (χ1) is 37.1. The van der Waals surface area contributed by atoms with Crippen molar-refractivity contribution in [1.29, 1.82) is 0 Å². The van der Waals surface area contributed by atoms with E-state index in [9.17, 15) is 0 Å². The number of pyridine rings is 1. The second kappa shape index (κ2) is 18.5. The van der Waals surface area contributed by atoms with Crippen LogP contribution in [-0.2, 0) is 21.7 Å². The van der Waals surface area contributed by atoms with Crippen LogP contribution in [0, 0.1) is 6.57 Å². The monoisotopic (exact) mass is 1040 g/mol. The molecule has 0 N–H and O–H groups in total. The summed E-state index contributed by atoms with van der Waals surface area (Å²) >= 11 is 1.70. The maximum atomic E-state index is 7.97. The summed E-state index contributed by atoms with van der Waals surface area (Å²) in [6.45, 7) is 35.9. The van der Waals surface area contributed by atoms with Crippen LogP contribution in [0.4, 0.5) is 28.4 Å². The normalized spacial score (nSPS) is 13.3. The van der Waals surface area contributed by atoms with E-state index in [4.69, 9.17) is 16.3 Å². The van der Waals surface area contributed by atoms with Crippen LogP contribution in [0.3, 0.4) is 0 Å². The molecule has 1 aliphatic heterocycles. The predicted octanol–water partition coefficient (Wildman–Crippen LogP) is 20.7. The highest BCUT2D eigenvalue weighted by atomic mass is 32.1. The molecule has 1 aliphatic rings. The molecule has 4 heterocycles. The lowest BCUT2D eigenvalue weighted by atomic mass is 9.81. The van der Waals surface area contributed by atoms with Gasteiger partial charge in [0.25, 0.3) is 0 Å². The lowest BCUT2D eigenvalue weighted by Gasteiger charge is -2.30. The van der Waals surface area contributed by atoms with Crippen molar-refractivity contribution in [3.63, 3.8) is 0 Å². The summed E-state index contributed by atoms with van der Waals surface area (Å²) < 4.78 is 11.4. The first kappa shape index (κ1) is 50.6. The molecule has 0 bridgehead atoms. The molecule has 6 nitrogen and oxygen atoms in total. The third-order valence-corrected chi connectivity index (χ3v) is 17.0. The number of anilines is 4. The Balaban J connectivity index is 0.974. The van der Waals surface area contributed by atoms with Crippen LogP contribution in [-0.4, -0.2) is 16.2 Å². The van der Waals surface area contributed by atoms with E-state index in [2.05, 4.69) is 260 Å². The molecule has 7 heteroatoms. The molecule has 0 amide bonds. The summed E-state index contributed by atoms with van der Waals surface area (Å²) in [7, 11) is 0. The van der Waals surface area contributed by atoms with Gasteiger partial charge in [0.15, 0.2) is 0 Å². The van der Waals surface area contributed by atoms with Crippen molar-refractivity contribution in [2.75, 3.05) is 16.5 Å². The number of thiophene rings is 1. The van der Waals surface area contributed by atoms with Crippen LogP contribution in [0.1, 0.15) is 105 Å². The molecule has 0 saturated heterocycles. The Morgan fingerprint density at radius 1 is 0.487 bits per heavy atom. The average molecular weight is 1040 g/mol. The summed E-state index contributed by atoms with van der Waals surface area (Å²) in [4.78, 5) is 13.9. The number of benzene rings is 8. The fraction of sp³-hybridized carbons (Fsp3) is 0.239. The van der Waals surface area contributed by atoms with Gasteiger partial charge < -0.3 is 14.5 Å². The van der Waals surface area contributed by atoms with Gasteiger partial charge in [0.05, 0.1) is 34.7 Å². The average Bonchev–Trinajstić information content (AvgIpc) is 4.28. The van der Waals surface area contributed by atoms with E-state index in [0.717, 1.165) is 76.4 Å². The third kappa shape index (κ3) is 8.86. The number of para-hydroxylation sites is 2. The van der Waals surface area contributed by atoms with Crippen LogP contribution in [0.15, 0.2) is 176 Å². The van der Waals surface area contributed by atoms with E-state index in [1.54, 1.807) is 11.3 Å². The fourth-order valence-electron chi connectivity index (χ4n) is 11.3. The lowest BCUT2D eigenvalue weighted by Crippen LogP contribution is -2.25. The van der Waals surface area contributed by atoms with E-state index < -0.39 is 0 Å². The van der Waals surface area contributed by atoms with Gasteiger partial charge in [0.1, 0.15) is 24.0 Å². The standard InChI is InChI=1S/C71H67N5OS/c1-68(2,3)46-28-24-44(25-29-46)56-38-49(71(10,11)12)39-57(45-26-30-47(31-27-45)69(4,5)6)65(56)75-43-74(59-22-14-15-23-60(59)75)50-18-16-19-51(41-50)77-52-32-33-55-62(42-52)76(63-40-48(36-37-73-63)70(7,8)9)61-35-34-54-53-20-17-21-58(72-13)66(53)78-67(54)64(55)61/h14-42H,43H2,1-12H3. The summed E-state index contributed by atoms with van der Waals surface area (Å²) in [5, 5.41) is 4.52. The smallest absolute Gasteiger partial charge is 0.204 e. The van der Waals surface area contributed by atoms with Crippen LogP contribution in [0.2, 0.25) is 0 Å². The summed E-state index contributed by atoms with van der Waals surface area (Å²) in [6, 6.07) is 62.0. The van der Waals surface area contributed by atoms with Gasteiger partial charge in [0, 0.05) is 55.3 Å². The number of ether oxygens (including phenoxy) is 1. The van der Waals surface area contributed by atoms with Gasteiger partial charge in [-0.3, -0.25) is 4.57 Å². The summed E-state index contributed by atoms with van der Waals surface area (Å²) in [5.74, 6) is 2.32. The molecule has 8 aromatic carbocycles. The maximum Gasteiger partial charge on any atom is 0.204 e. The number of hydrogen-bond acceptors (Lipinski definition) is 5. The first-order valence-corrected chi connectivity index (χ1v) is 28.0. The first-order valence-electron chi connectivity index (χ1n) is 27.2. The highest BCUT2D eigenvalue weighted by Gasteiger charge is 2.33. The minimum atomic E-state index is -0.0981. The van der Waals surface area contributed by atoms with Crippen molar-refractivity contribution < 1.29 is 4.74 Å². The Morgan fingerprint density at radius 2 is 1.06 bits per heavy atom. The van der Waals surface area contributed by atoms with Gasteiger partial charge in [-0.2, -0.15) is 0 Å². The molecule has 0 aliphatic carbocycles. The van der Waals surface area contributed by atoms with Crippen molar-refractivity contribution in [3.05, 3.63) is 210 Å². The molecule has 0 saturated carbocycles. The van der Waals surface area contributed by atoms with E-state index in [-0.39, 0.29) is 21.7 Å². The third-order valence-electron chi connectivity index (χ3n) is 15.8. The molecule has 3 aromatic heterocycles. The second-order valence-electron chi connectivity index (χ2n) is 25.3. The van der Waals surface area contributed by atoms with Crippen LogP contribution in [0.25, 0.3) is 74.9 Å². The highest BCUT2D eigenvalue weighted by Crippen LogP contribution is 2.53. The van der Waals surface area contributed by atoms with Gasteiger partial charge in [-0.15, -0.1) is 11.3 Å². The zero-order chi connectivity index (χ0) is 54.6. The van der Waals surface area contributed by atoms with Gasteiger partial charge in [-0.05, 0) is 133 Å². The predicted molar refractivity (Wildman–Crippen MR) is 332 cm³/mol. The van der Waals surface area contributed by atoms with E-state index in [1.807, 2.05) is 18.3 Å². The number of nitrogens with zero attached hydrogens (tertiary/aromatic N) is 5. The quantitative estimate of drug-likeness (QED) is 0.149. The van der Waals surface area contributed by atoms with Crippen LogP contribution < -0.4 is 14.5 Å². The molecular formula is C71H67N5OS. The molecule has 388 valence electrons. The molecule has 0 fully saturated rings. The Hall–Kier alpha value is -8.18. The number of aromatic nitrogens is 2. The van der Waals surface area contributed by atoms with Gasteiger partial charge in [-0.1, -0.05) is 174 Å². The van der Waals surface area contributed by atoms with E-state index in [0.29, 0.717) is 12.4 Å². The fourth-order valence-corrected chi connectivity index (χ4v) is 12.6. The highest BCUT2D eigenvalue weighted by molar-refractivity contribution is 7.27. The molecule has 78 heavy (non-hydrogen) atoms. The van der Waals surface area contributed by atoms with Gasteiger partial charge in [0.2, 0.25) is 5.69 Å². The number of rotatable bonds is 7. The number of hydrogen-bond donors (Lipinski definition) is 0. The van der Waals surface area contributed by atoms with Crippen molar-refractivity contribution in [2.45, 2.75) is 105 Å². The molecular weight excluding hydrogens is 971 g/mol. The Morgan fingerprint density at radius 3 is 1.68 bits per heavy atom. The molecule has 0 unspecified atom stereocenters. The minimum absolute atomic E-state index is 0.0304. The zero-order valence-electron chi connectivity index (χ0n) is 47.0. The van der Waals surface area contributed by atoms with Gasteiger partial charge >= 0.3 is 0 Å². The van der Waals surface area contributed by atoms with E-state index >= 15 is 0 Å². The van der Waals surface area contributed by atoms with Crippen LogP contribution in [0.5, 0.6) is 11.5 Å². The van der Waals surface area contributed by atoms with Crippen molar-refractivity contribution >= 4 is 81.8 Å². The van der Waals surface area contributed by atoms with Crippen molar-refractivity contribution in [1.82, 2.24) is 9.55 Å². The van der Waals surface area contributed by atoms with Crippen LogP contribution >= 0.6 is 11.3 Å².